The van der Waals surface area contributed by atoms with E-state index in [0.29, 0.717) is 0 Å². The molecule has 0 atom stereocenters. The first-order valence-corrected chi connectivity index (χ1v) is 12.1. The molecule has 0 aliphatic rings. The lowest BCUT2D eigenvalue weighted by Crippen LogP contribution is -2.77. The Balaban J connectivity index is 2.11. The molecule has 144 valence electrons. The highest BCUT2D eigenvalue weighted by Gasteiger charge is 2.45. The van der Waals surface area contributed by atoms with Crippen molar-refractivity contribution in [3.05, 3.63) is 120 Å². The van der Waals surface area contributed by atoms with Crippen LogP contribution in [0.3, 0.4) is 0 Å². The largest absolute Gasteiger partial charge is 0.389 e. The van der Waals surface area contributed by atoms with E-state index >= 15 is 0 Å². The summed E-state index contributed by atoms with van der Waals surface area (Å²) in [6.45, 7) is 4.44. The molecule has 0 heterocycles. The first-order valence-electron chi connectivity index (χ1n) is 10.1. The van der Waals surface area contributed by atoms with E-state index in [-0.39, 0.29) is 0 Å². The molecule has 0 spiro atoms. The number of aryl methyl sites for hydroxylation is 2. The highest BCUT2D eigenvalue weighted by molar-refractivity contribution is 7.13. The molecule has 0 N–H and O–H groups in total. The lowest BCUT2D eigenvalue weighted by atomic mass is 10.1. The molecule has 0 fully saturated rings. The van der Waals surface area contributed by atoms with Gasteiger partial charge in [-0.15, -0.1) is 0 Å². The van der Waals surface area contributed by atoms with Crippen LogP contribution in [0.4, 0.5) is 5.69 Å². The number of anilines is 1. The molecular weight excluding hydrogens is 366 g/mol. The van der Waals surface area contributed by atoms with E-state index < -0.39 is 8.24 Å². The second-order valence-corrected chi connectivity index (χ2v) is 11.4. The number of rotatable bonds is 5. The van der Waals surface area contributed by atoms with Gasteiger partial charge in [0.2, 0.25) is 0 Å². The maximum atomic E-state index is 2.59. The predicted molar refractivity (Wildman–Crippen MR) is 128 cm³/mol. The Morgan fingerprint density at radius 3 is 1.17 bits per heavy atom. The number of nitrogens with zero attached hydrogens (tertiary/aromatic N) is 1. The Labute approximate surface area is 175 Å². The number of hydrogen-bond donors (Lipinski definition) is 0. The minimum Gasteiger partial charge on any atom is -0.389 e. The van der Waals surface area contributed by atoms with Crippen LogP contribution in [-0.4, -0.2) is 15.3 Å². The Morgan fingerprint density at radius 1 is 0.483 bits per heavy atom. The van der Waals surface area contributed by atoms with Crippen molar-refractivity contribution in [1.29, 1.82) is 0 Å². The molecule has 4 aromatic rings. The van der Waals surface area contributed by atoms with Gasteiger partial charge in [-0.3, -0.25) is 0 Å². The Morgan fingerprint density at radius 2 is 0.828 bits per heavy atom. The molecule has 0 aromatic heterocycles. The van der Waals surface area contributed by atoms with Gasteiger partial charge in [0, 0.05) is 5.69 Å². The average molecular weight is 394 g/mol. The molecule has 29 heavy (non-hydrogen) atoms. The summed E-state index contributed by atoms with van der Waals surface area (Å²) in [5.74, 6) is 0. The smallest absolute Gasteiger partial charge is 0.252 e. The van der Waals surface area contributed by atoms with Crippen LogP contribution in [0.25, 0.3) is 0 Å². The third-order valence-electron chi connectivity index (χ3n) is 5.85. The van der Waals surface area contributed by atoms with Gasteiger partial charge in [0.1, 0.15) is 0 Å². The van der Waals surface area contributed by atoms with Crippen LogP contribution in [0.2, 0.25) is 0 Å². The topological polar surface area (TPSA) is 3.24 Å². The van der Waals surface area contributed by atoms with Crippen LogP contribution in [0, 0.1) is 13.8 Å². The molecule has 0 saturated carbocycles. The Hall–Kier alpha value is -3.10. The van der Waals surface area contributed by atoms with Crippen LogP contribution in [0.15, 0.2) is 109 Å². The molecule has 0 aliphatic heterocycles. The van der Waals surface area contributed by atoms with E-state index in [9.17, 15) is 0 Å². The highest BCUT2D eigenvalue weighted by atomic mass is 28.3. The first-order chi connectivity index (χ1) is 14.2. The fourth-order valence-corrected chi connectivity index (χ4v) is 9.50. The van der Waals surface area contributed by atoms with E-state index in [0.717, 1.165) is 0 Å². The average Bonchev–Trinajstić information content (AvgIpc) is 2.77. The fourth-order valence-electron chi connectivity index (χ4n) is 4.62. The van der Waals surface area contributed by atoms with Crippen molar-refractivity contribution in [2.45, 2.75) is 13.8 Å². The molecule has 0 aliphatic carbocycles. The summed E-state index contributed by atoms with van der Waals surface area (Å²) in [5, 5.41) is 4.17. The quantitative estimate of drug-likeness (QED) is 0.359. The standard InChI is InChI=1S/C27H27NSi/c1-22-14-13-15-23(2)27(22)28(3)29(24-16-7-4-8-17-24,25-18-9-5-10-19-25)26-20-11-6-12-21-26/h4-21H,1-3H3. The lowest BCUT2D eigenvalue weighted by Gasteiger charge is -2.44. The van der Waals surface area contributed by atoms with E-state index in [1.807, 2.05) is 0 Å². The second kappa shape index (κ2) is 8.10. The summed E-state index contributed by atoms with van der Waals surface area (Å²) in [4.78, 5) is 0. The second-order valence-electron chi connectivity index (χ2n) is 7.61. The molecule has 0 bridgehead atoms. The molecule has 0 amide bonds. The van der Waals surface area contributed by atoms with Gasteiger partial charge in [-0.1, -0.05) is 109 Å². The normalized spacial score (nSPS) is 11.3. The van der Waals surface area contributed by atoms with E-state index in [1.165, 1.54) is 32.4 Å². The van der Waals surface area contributed by atoms with Gasteiger partial charge < -0.3 is 4.57 Å². The van der Waals surface area contributed by atoms with Gasteiger partial charge in [-0.25, -0.2) is 0 Å². The highest BCUT2D eigenvalue weighted by Crippen LogP contribution is 2.28. The van der Waals surface area contributed by atoms with Crippen molar-refractivity contribution >= 4 is 29.5 Å². The summed E-state index contributed by atoms with van der Waals surface area (Å²) in [7, 11) is -0.211. The van der Waals surface area contributed by atoms with Crippen LogP contribution >= 0.6 is 0 Å². The van der Waals surface area contributed by atoms with Crippen molar-refractivity contribution in [2.24, 2.45) is 0 Å². The van der Waals surface area contributed by atoms with Gasteiger partial charge >= 0.3 is 0 Å². The third-order valence-corrected chi connectivity index (χ3v) is 10.6. The van der Waals surface area contributed by atoms with Crippen molar-refractivity contribution in [3.8, 4) is 0 Å². The van der Waals surface area contributed by atoms with Crippen molar-refractivity contribution in [3.63, 3.8) is 0 Å². The van der Waals surface area contributed by atoms with Gasteiger partial charge in [-0.2, -0.15) is 0 Å². The van der Waals surface area contributed by atoms with Gasteiger partial charge in [0.15, 0.2) is 0 Å². The first kappa shape index (κ1) is 19.2. The summed E-state index contributed by atoms with van der Waals surface area (Å²) in [5.41, 5.74) is 3.95. The monoisotopic (exact) mass is 393 g/mol. The van der Waals surface area contributed by atoms with E-state index in [2.05, 4.69) is 135 Å². The zero-order valence-electron chi connectivity index (χ0n) is 17.3. The predicted octanol–water partition coefficient (Wildman–Crippen LogP) is 4.41. The number of para-hydroxylation sites is 1. The molecule has 4 aromatic carbocycles. The van der Waals surface area contributed by atoms with Crippen LogP contribution in [-0.2, 0) is 0 Å². The lowest BCUT2D eigenvalue weighted by molar-refractivity contribution is 1.22. The minimum atomic E-state index is -2.50. The molecule has 2 heteroatoms. The SMILES string of the molecule is Cc1cccc(C)c1N(C)[Si](c1ccccc1)(c1ccccc1)c1ccccc1. The van der Waals surface area contributed by atoms with Gasteiger partial charge in [0.05, 0.1) is 0 Å². The van der Waals surface area contributed by atoms with Crippen molar-refractivity contribution in [1.82, 2.24) is 0 Å². The number of hydrogen-bond acceptors (Lipinski definition) is 1. The maximum absolute atomic E-state index is 2.59. The zero-order valence-corrected chi connectivity index (χ0v) is 18.3. The van der Waals surface area contributed by atoms with Gasteiger partial charge in [0.25, 0.3) is 8.24 Å². The van der Waals surface area contributed by atoms with E-state index in [1.54, 1.807) is 0 Å². The summed E-state index contributed by atoms with van der Waals surface area (Å²) >= 11 is 0. The summed E-state index contributed by atoms with van der Waals surface area (Å²) in [6, 6.07) is 39.7. The number of benzene rings is 4. The molecule has 4 rings (SSSR count). The Kier molecular flexibility index (Phi) is 5.37. The minimum absolute atomic E-state index is 1.31. The maximum Gasteiger partial charge on any atom is 0.252 e. The Bertz CT molecular complexity index is 958. The summed E-state index contributed by atoms with van der Waals surface area (Å²) in [6.07, 6.45) is 0. The molecule has 0 radical (unpaired) electrons. The third kappa shape index (κ3) is 3.30. The van der Waals surface area contributed by atoms with Crippen molar-refractivity contribution < 1.29 is 0 Å². The van der Waals surface area contributed by atoms with Crippen LogP contribution in [0.5, 0.6) is 0 Å². The van der Waals surface area contributed by atoms with E-state index in [4.69, 9.17) is 0 Å². The zero-order chi connectivity index (χ0) is 20.3. The van der Waals surface area contributed by atoms with Crippen molar-refractivity contribution in [2.75, 3.05) is 11.6 Å². The van der Waals surface area contributed by atoms with Crippen LogP contribution in [0.1, 0.15) is 11.1 Å². The molecular formula is C27H27NSi. The molecule has 1 nitrogen and oxygen atoms in total. The fraction of sp³-hybridized carbons (Fsp3) is 0.111. The molecule has 0 unspecified atom stereocenters. The summed E-state index contributed by atoms with van der Waals surface area (Å²) < 4.78 is 2.59. The molecule has 0 saturated heterocycles. The van der Waals surface area contributed by atoms with Crippen LogP contribution < -0.4 is 20.1 Å². The van der Waals surface area contributed by atoms with Gasteiger partial charge in [-0.05, 0) is 47.6 Å².